The van der Waals surface area contributed by atoms with E-state index in [1.165, 1.54) is 32.1 Å². The van der Waals surface area contributed by atoms with Gasteiger partial charge in [-0.3, -0.25) is 9.79 Å². The van der Waals surface area contributed by atoms with Crippen molar-refractivity contribution >= 4 is 46.8 Å². The van der Waals surface area contributed by atoms with E-state index in [0.717, 1.165) is 16.5 Å². The van der Waals surface area contributed by atoms with Gasteiger partial charge in [0.05, 0.1) is 6.04 Å². The molecule has 2 aliphatic rings. The van der Waals surface area contributed by atoms with Crippen LogP contribution in [-0.4, -0.2) is 45.9 Å². The number of amidine groups is 1. The minimum atomic E-state index is 0. The van der Waals surface area contributed by atoms with Crippen molar-refractivity contribution in [3.8, 4) is 0 Å². The zero-order chi connectivity index (χ0) is 17.8. The number of hydrogen-bond acceptors (Lipinski definition) is 3. The predicted octanol–water partition coefficient (Wildman–Crippen LogP) is 4.80. The Morgan fingerprint density at radius 1 is 1.27 bits per heavy atom. The first-order valence-corrected chi connectivity index (χ1v) is 10.4. The van der Waals surface area contributed by atoms with E-state index in [1.54, 1.807) is 18.7 Å². The van der Waals surface area contributed by atoms with E-state index < -0.39 is 0 Å². The lowest BCUT2D eigenvalue weighted by molar-refractivity contribution is -0.133. The Morgan fingerprint density at radius 3 is 2.54 bits per heavy atom. The molecule has 1 heterocycles. The molecule has 1 aliphatic heterocycles. The fraction of sp³-hybridized carbons (Fsp3) is 0.579. The van der Waals surface area contributed by atoms with E-state index in [4.69, 9.17) is 16.6 Å². The van der Waals surface area contributed by atoms with Crippen molar-refractivity contribution in [2.75, 3.05) is 12.8 Å². The second-order valence-electron chi connectivity index (χ2n) is 6.88. The number of carbonyl (C=O) groups is 1. The van der Waals surface area contributed by atoms with Crippen molar-refractivity contribution in [1.29, 1.82) is 0 Å². The summed E-state index contributed by atoms with van der Waals surface area (Å²) in [7, 11) is 2.06. The molecule has 26 heavy (non-hydrogen) atoms. The number of halogens is 2. The molecule has 2 fully saturated rings. The minimum Gasteiger partial charge on any atom is -0.333 e. The summed E-state index contributed by atoms with van der Waals surface area (Å²) in [6, 6.07) is 8.17. The summed E-state index contributed by atoms with van der Waals surface area (Å²) in [5, 5.41) is 1.80. The molecule has 1 saturated heterocycles. The number of rotatable bonds is 4. The average molecular weight is 416 g/mol. The number of hydrogen-bond donors (Lipinski definition) is 0. The third-order valence-corrected chi connectivity index (χ3v) is 6.38. The summed E-state index contributed by atoms with van der Waals surface area (Å²) >= 11 is 7.74. The SMILES string of the molecule is CC(=O)N(Cc1ccc(Cl)cc1)C1CSC(=NC2CCCCC2)N1C.Cl. The molecule has 0 N–H and O–H groups in total. The van der Waals surface area contributed by atoms with Gasteiger partial charge in [0.2, 0.25) is 5.91 Å². The zero-order valence-corrected chi connectivity index (χ0v) is 17.7. The Kier molecular flexibility index (Phi) is 8.11. The number of aliphatic imine (C=N–C) groups is 1. The molecule has 1 aromatic carbocycles. The first-order chi connectivity index (χ1) is 12.0. The fourth-order valence-electron chi connectivity index (χ4n) is 3.50. The molecule has 1 saturated carbocycles. The quantitative estimate of drug-likeness (QED) is 0.707. The molecule has 144 valence electrons. The lowest BCUT2D eigenvalue weighted by Gasteiger charge is -2.33. The van der Waals surface area contributed by atoms with Gasteiger partial charge < -0.3 is 9.80 Å². The van der Waals surface area contributed by atoms with Gasteiger partial charge >= 0.3 is 0 Å². The Bertz CT molecular complexity index is 632. The molecule has 0 bridgehead atoms. The molecule has 0 aromatic heterocycles. The second-order valence-corrected chi connectivity index (χ2v) is 8.30. The standard InChI is InChI=1S/C19H26ClN3OS.ClH/c1-14(24)23(12-15-8-10-16(20)11-9-15)18-13-25-19(22(18)2)21-17-6-4-3-5-7-17;/h8-11,17-18H,3-7,12-13H2,1-2H3;1H. The van der Waals surface area contributed by atoms with Gasteiger partial charge in [-0.15, -0.1) is 12.4 Å². The number of carbonyl (C=O) groups excluding carboxylic acids is 1. The summed E-state index contributed by atoms with van der Waals surface area (Å²) in [6.07, 6.45) is 6.37. The van der Waals surface area contributed by atoms with E-state index in [9.17, 15) is 4.79 Å². The highest BCUT2D eigenvalue weighted by Crippen LogP contribution is 2.29. The van der Waals surface area contributed by atoms with Gasteiger partial charge in [0.15, 0.2) is 5.17 Å². The fourth-order valence-corrected chi connectivity index (χ4v) is 4.87. The number of benzene rings is 1. The highest BCUT2D eigenvalue weighted by molar-refractivity contribution is 8.14. The summed E-state index contributed by atoms with van der Waals surface area (Å²) in [5.74, 6) is 0.959. The molecule has 1 atom stereocenters. The molecule has 3 rings (SSSR count). The Balaban J connectivity index is 0.00000243. The summed E-state index contributed by atoms with van der Waals surface area (Å²) in [4.78, 5) is 21.4. The smallest absolute Gasteiger partial charge is 0.221 e. The van der Waals surface area contributed by atoms with Crippen molar-refractivity contribution in [2.24, 2.45) is 4.99 Å². The number of thioether (sulfide) groups is 1. The third-order valence-electron chi connectivity index (χ3n) is 5.01. The van der Waals surface area contributed by atoms with Crippen molar-refractivity contribution < 1.29 is 4.79 Å². The Morgan fingerprint density at radius 2 is 1.92 bits per heavy atom. The van der Waals surface area contributed by atoms with Crippen LogP contribution in [0.25, 0.3) is 0 Å². The molecule has 1 aliphatic carbocycles. The highest BCUT2D eigenvalue weighted by Gasteiger charge is 2.34. The van der Waals surface area contributed by atoms with Crippen LogP contribution in [0.15, 0.2) is 29.3 Å². The lowest BCUT2D eigenvalue weighted by atomic mass is 9.96. The van der Waals surface area contributed by atoms with Gasteiger partial charge in [0.25, 0.3) is 0 Å². The predicted molar refractivity (Wildman–Crippen MR) is 113 cm³/mol. The molecular weight excluding hydrogens is 389 g/mol. The Labute approximate surface area is 171 Å². The van der Waals surface area contributed by atoms with Crippen LogP contribution in [0.4, 0.5) is 0 Å². The van der Waals surface area contributed by atoms with E-state index in [2.05, 4.69) is 11.9 Å². The summed E-state index contributed by atoms with van der Waals surface area (Å²) in [6.45, 7) is 2.24. The maximum Gasteiger partial charge on any atom is 0.221 e. The van der Waals surface area contributed by atoms with Gasteiger partial charge in [-0.05, 0) is 30.5 Å². The van der Waals surface area contributed by atoms with Crippen LogP contribution in [0, 0.1) is 0 Å². The molecule has 7 heteroatoms. The van der Waals surface area contributed by atoms with E-state index in [0.29, 0.717) is 17.6 Å². The minimum absolute atomic E-state index is 0. The number of amides is 1. The van der Waals surface area contributed by atoms with Crippen LogP contribution >= 0.6 is 35.8 Å². The number of nitrogens with zero attached hydrogens (tertiary/aromatic N) is 3. The monoisotopic (exact) mass is 415 g/mol. The molecular formula is C19H27Cl2N3OS. The van der Waals surface area contributed by atoms with Crippen LogP contribution < -0.4 is 0 Å². The van der Waals surface area contributed by atoms with Crippen molar-refractivity contribution in [3.05, 3.63) is 34.9 Å². The molecule has 1 unspecified atom stereocenters. The van der Waals surface area contributed by atoms with Crippen LogP contribution in [0.5, 0.6) is 0 Å². The largest absolute Gasteiger partial charge is 0.333 e. The average Bonchev–Trinajstić information content (AvgIpc) is 2.95. The topological polar surface area (TPSA) is 35.9 Å². The molecule has 1 aromatic rings. The second kappa shape index (κ2) is 9.86. The van der Waals surface area contributed by atoms with Crippen molar-refractivity contribution in [2.45, 2.75) is 57.8 Å². The maximum absolute atomic E-state index is 12.3. The van der Waals surface area contributed by atoms with E-state index >= 15 is 0 Å². The van der Waals surface area contributed by atoms with Crippen LogP contribution in [0.2, 0.25) is 5.02 Å². The van der Waals surface area contributed by atoms with Gasteiger partial charge in [0.1, 0.15) is 6.17 Å². The van der Waals surface area contributed by atoms with Crippen molar-refractivity contribution in [3.63, 3.8) is 0 Å². The first kappa shape index (κ1) is 21.4. The molecule has 1 amide bonds. The molecule has 0 spiro atoms. The molecule has 0 radical (unpaired) electrons. The van der Waals surface area contributed by atoms with Gasteiger partial charge in [0, 0.05) is 31.3 Å². The van der Waals surface area contributed by atoms with Gasteiger partial charge in [-0.1, -0.05) is 54.8 Å². The zero-order valence-electron chi connectivity index (χ0n) is 15.4. The lowest BCUT2D eigenvalue weighted by Crippen LogP contribution is -2.47. The highest BCUT2D eigenvalue weighted by atomic mass is 35.5. The van der Waals surface area contributed by atoms with Crippen LogP contribution in [0.3, 0.4) is 0 Å². The summed E-state index contributed by atoms with van der Waals surface area (Å²) < 4.78 is 0. The third kappa shape index (κ3) is 5.30. The van der Waals surface area contributed by atoms with Gasteiger partial charge in [-0.2, -0.15) is 0 Å². The first-order valence-electron chi connectivity index (χ1n) is 8.99. The Hall–Kier alpha value is -0.910. The van der Waals surface area contributed by atoms with Crippen LogP contribution in [0.1, 0.15) is 44.6 Å². The normalized spacial score (nSPS) is 22.3. The van der Waals surface area contributed by atoms with Gasteiger partial charge in [-0.25, -0.2) is 0 Å². The maximum atomic E-state index is 12.3. The molecule has 4 nitrogen and oxygen atoms in total. The summed E-state index contributed by atoms with van der Waals surface area (Å²) in [5.41, 5.74) is 1.09. The van der Waals surface area contributed by atoms with Crippen molar-refractivity contribution in [1.82, 2.24) is 9.80 Å². The van der Waals surface area contributed by atoms with Crippen LogP contribution in [-0.2, 0) is 11.3 Å². The van der Waals surface area contributed by atoms with E-state index in [1.807, 2.05) is 29.2 Å². The van der Waals surface area contributed by atoms with E-state index in [-0.39, 0.29) is 24.5 Å².